The lowest BCUT2D eigenvalue weighted by Crippen LogP contribution is -2.45. The van der Waals surface area contributed by atoms with Crippen molar-refractivity contribution >= 4 is 13.7 Å². The van der Waals surface area contributed by atoms with Gasteiger partial charge in [0.15, 0.2) is 0 Å². The number of nitrogens with zero attached hydrogens (tertiary/aromatic N) is 1. The summed E-state index contributed by atoms with van der Waals surface area (Å²) in [5, 5.41) is 14.0. The second-order valence-electron chi connectivity index (χ2n) is 24.2. The molecule has 0 saturated carbocycles. The number of phosphoric ester groups is 1. The quantitative estimate of drug-likeness (QED) is 0.0243. The Kier molecular flexibility index (Phi) is 56.4. The largest absolute Gasteiger partial charge is 0.472 e. The highest BCUT2D eigenvalue weighted by molar-refractivity contribution is 7.47. The Morgan fingerprint density at radius 3 is 1.00 bits per heavy atom. The van der Waals surface area contributed by atoms with Gasteiger partial charge in [-0.3, -0.25) is 13.8 Å². The van der Waals surface area contributed by atoms with Gasteiger partial charge in [0.2, 0.25) is 5.91 Å². The van der Waals surface area contributed by atoms with Gasteiger partial charge in [0.25, 0.3) is 0 Å². The van der Waals surface area contributed by atoms with Crippen molar-refractivity contribution in [2.75, 3.05) is 40.9 Å². The van der Waals surface area contributed by atoms with Gasteiger partial charge < -0.3 is 19.8 Å². The molecular weight excluding hydrogens is 936 g/mol. The van der Waals surface area contributed by atoms with Crippen LogP contribution in [0.1, 0.15) is 348 Å². The first-order valence-electron chi connectivity index (χ1n) is 33.1. The summed E-state index contributed by atoms with van der Waals surface area (Å²) in [6.07, 6.45) is 72.0. The molecule has 0 aliphatic rings. The highest BCUT2D eigenvalue weighted by atomic mass is 31.2. The summed E-state index contributed by atoms with van der Waals surface area (Å²) < 4.78 is 23.8. The first-order valence-corrected chi connectivity index (χ1v) is 34.6. The summed E-state index contributed by atoms with van der Waals surface area (Å²) in [4.78, 5) is 23.4. The Morgan fingerprint density at radius 1 is 0.446 bits per heavy atom. The smallest absolute Gasteiger partial charge is 0.387 e. The van der Waals surface area contributed by atoms with Crippen LogP contribution in [0.4, 0.5) is 0 Å². The zero-order chi connectivity index (χ0) is 54.2. The second-order valence-corrected chi connectivity index (χ2v) is 25.7. The molecule has 0 spiro atoms. The van der Waals surface area contributed by atoms with Crippen LogP contribution in [-0.2, 0) is 18.4 Å². The number of likely N-dealkylation sites (N-methyl/N-ethyl adjacent to an activating group) is 1. The maximum Gasteiger partial charge on any atom is 0.472 e. The number of hydrogen-bond acceptors (Lipinski definition) is 5. The van der Waals surface area contributed by atoms with Gasteiger partial charge in [-0.15, -0.1) is 0 Å². The van der Waals surface area contributed by atoms with E-state index in [0.29, 0.717) is 17.4 Å². The van der Waals surface area contributed by atoms with Crippen LogP contribution in [0.15, 0.2) is 12.2 Å². The molecule has 0 fully saturated rings. The van der Waals surface area contributed by atoms with Crippen LogP contribution >= 0.6 is 7.82 Å². The van der Waals surface area contributed by atoms with Crippen molar-refractivity contribution in [2.24, 2.45) is 0 Å². The van der Waals surface area contributed by atoms with Gasteiger partial charge in [0.1, 0.15) is 13.2 Å². The van der Waals surface area contributed by atoms with E-state index in [1.165, 1.54) is 295 Å². The van der Waals surface area contributed by atoms with Gasteiger partial charge >= 0.3 is 7.82 Å². The molecule has 3 N–H and O–H groups in total. The molecule has 0 aromatic heterocycles. The minimum Gasteiger partial charge on any atom is -0.387 e. The minimum absolute atomic E-state index is 0.0654. The molecule has 0 aliphatic heterocycles. The zero-order valence-electron chi connectivity index (χ0n) is 50.6. The first-order chi connectivity index (χ1) is 36.0. The van der Waals surface area contributed by atoms with Crippen molar-refractivity contribution in [1.29, 1.82) is 0 Å². The molecule has 442 valence electrons. The lowest BCUT2D eigenvalue weighted by atomic mass is 10.0. The number of quaternary nitrogens is 1. The SMILES string of the molecule is CCCCCCCCCCCCCCCCCCCCCCCCCCCCC/C=C/C(O)C(COP(=O)(O)OCC[N+](C)(C)C)NC(=O)CCCCCCCCCCCCCCCCCCCCCCCCC. The third-order valence-corrected chi connectivity index (χ3v) is 16.5. The van der Waals surface area contributed by atoms with E-state index in [1.807, 2.05) is 27.2 Å². The average molecular weight is 1070 g/mol. The number of amides is 1. The molecule has 0 heterocycles. The van der Waals surface area contributed by atoms with E-state index in [9.17, 15) is 19.4 Å². The molecule has 8 nitrogen and oxygen atoms in total. The molecule has 3 atom stereocenters. The van der Waals surface area contributed by atoms with Gasteiger partial charge in [-0.25, -0.2) is 4.57 Å². The lowest BCUT2D eigenvalue weighted by Gasteiger charge is -2.25. The molecular formula is C65H132N2O6P+. The van der Waals surface area contributed by atoms with Gasteiger partial charge in [-0.05, 0) is 19.3 Å². The van der Waals surface area contributed by atoms with E-state index in [0.717, 1.165) is 32.1 Å². The fraction of sp³-hybridized carbons (Fsp3) is 0.954. The Morgan fingerprint density at radius 2 is 0.716 bits per heavy atom. The Bertz CT molecular complexity index is 1210. The van der Waals surface area contributed by atoms with Crippen molar-refractivity contribution in [3.63, 3.8) is 0 Å². The summed E-state index contributed by atoms with van der Waals surface area (Å²) in [5.41, 5.74) is 0. The second kappa shape index (κ2) is 56.9. The average Bonchev–Trinajstić information content (AvgIpc) is 3.36. The summed E-state index contributed by atoms with van der Waals surface area (Å²) in [6, 6.07) is -0.843. The van der Waals surface area contributed by atoms with Crippen LogP contribution in [-0.4, -0.2) is 73.4 Å². The van der Waals surface area contributed by atoms with Gasteiger partial charge in [0.05, 0.1) is 39.9 Å². The molecule has 3 unspecified atom stereocenters. The van der Waals surface area contributed by atoms with Crippen molar-refractivity contribution in [2.45, 2.75) is 360 Å². The number of phosphoric acid groups is 1. The molecule has 0 aliphatic carbocycles. The summed E-state index contributed by atoms with van der Waals surface area (Å²) in [6.45, 7) is 4.88. The number of carbonyl (C=O) groups is 1. The highest BCUT2D eigenvalue weighted by Gasteiger charge is 2.28. The Hall–Kier alpha value is -0.760. The number of nitrogens with one attached hydrogen (secondary N) is 1. The molecule has 74 heavy (non-hydrogen) atoms. The van der Waals surface area contributed by atoms with E-state index in [2.05, 4.69) is 19.2 Å². The standard InChI is InChI=1S/C65H131N2O6P/c1-6-8-10-12-14-16-18-20-22-24-26-28-30-31-32-33-34-35-37-38-40-42-44-46-48-50-52-54-56-58-64(68)63(62-73-74(70,71)72-61-60-67(3,4)5)66-65(69)59-57-55-53-51-49-47-45-43-41-39-36-29-27-25-23-21-19-17-15-13-11-9-7-2/h56,58,63-64,68H,6-55,57,59-62H2,1-5H3,(H-,66,69,70,71)/p+1/b58-56+. The third-order valence-electron chi connectivity index (χ3n) is 15.5. The number of aliphatic hydroxyl groups is 1. The van der Waals surface area contributed by atoms with Crippen molar-refractivity contribution in [3.05, 3.63) is 12.2 Å². The van der Waals surface area contributed by atoms with Crippen molar-refractivity contribution < 1.29 is 32.9 Å². The van der Waals surface area contributed by atoms with Gasteiger partial charge in [-0.2, -0.15) is 0 Å². The molecule has 0 saturated heterocycles. The van der Waals surface area contributed by atoms with Crippen LogP contribution in [0.2, 0.25) is 0 Å². The summed E-state index contributed by atoms with van der Waals surface area (Å²) in [5.74, 6) is -0.168. The number of aliphatic hydroxyl groups excluding tert-OH is 1. The lowest BCUT2D eigenvalue weighted by molar-refractivity contribution is -0.870. The molecule has 0 aromatic rings. The van der Waals surface area contributed by atoms with E-state index >= 15 is 0 Å². The maximum atomic E-state index is 13.0. The van der Waals surface area contributed by atoms with E-state index < -0.39 is 20.0 Å². The third kappa shape index (κ3) is 58.9. The summed E-state index contributed by atoms with van der Waals surface area (Å²) >= 11 is 0. The van der Waals surface area contributed by atoms with Crippen LogP contribution in [0, 0.1) is 0 Å². The zero-order valence-corrected chi connectivity index (χ0v) is 51.5. The monoisotopic (exact) mass is 1070 g/mol. The number of hydrogen-bond donors (Lipinski definition) is 3. The fourth-order valence-corrected chi connectivity index (χ4v) is 11.1. The van der Waals surface area contributed by atoms with Gasteiger partial charge in [-0.1, -0.05) is 334 Å². The van der Waals surface area contributed by atoms with Crippen LogP contribution in [0.25, 0.3) is 0 Å². The summed E-state index contributed by atoms with van der Waals surface area (Å²) in [7, 11) is 1.59. The molecule has 0 bridgehead atoms. The molecule has 0 rings (SSSR count). The van der Waals surface area contributed by atoms with E-state index in [4.69, 9.17) is 9.05 Å². The Balaban J connectivity index is 4.07. The number of unbranched alkanes of at least 4 members (excludes halogenated alkanes) is 49. The van der Waals surface area contributed by atoms with Crippen LogP contribution in [0.5, 0.6) is 0 Å². The van der Waals surface area contributed by atoms with E-state index in [1.54, 1.807) is 6.08 Å². The number of carbonyl (C=O) groups excluding carboxylic acids is 1. The maximum absolute atomic E-state index is 13.0. The molecule has 0 radical (unpaired) electrons. The highest BCUT2D eigenvalue weighted by Crippen LogP contribution is 2.43. The van der Waals surface area contributed by atoms with E-state index in [-0.39, 0.29) is 19.1 Å². The molecule has 0 aromatic carbocycles. The van der Waals surface area contributed by atoms with Crippen LogP contribution < -0.4 is 5.32 Å². The predicted octanol–water partition coefficient (Wildman–Crippen LogP) is 20.6. The normalized spacial score (nSPS) is 13.8. The predicted molar refractivity (Wildman–Crippen MR) is 323 cm³/mol. The topological polar surface area (TPSA) is 105 Å². The molecule has 9 heteroatoms. The fourth-order valence-electron chi connectivity index (χ4n) is 10.3. The van der Waals surface area contributed by atoms with Crippen molar-refractivity contribution in [3.8, 4) is 0 Å². The number of allylic oxidation sites excluding steroid dienone is 1. The number of rotatable bonds is 62. The minimum atomic E-state index is -4.35. The first kappa shape index (κ1) is 73.2. The van der Waals surface area contributed by atoms with Crippen molar-refractivity contribution in [1.82, 2.24) is 5.32 Å². The van der Waals surface area contributed by atoms with Gasteiger partial charge in [0, 0.05) is 6.42 Å². The Labute approximate surface area is 462 Å². The van der Waals surface area contributed by atoms with Crippen LogP contribution in [0.3, 0.4) is 0 Å². The molecule has 1 amide bonds.